The van der Waals surface area contributed by atoms with Crippen LogP contribution in [0.4, 0.5) is 0 Å². The first-order valence-electron chi connectivity index (χ1n) is 12.1. The molecule has 4 aliphatic rings. The number of aromatic hydroxyl groups is 1. The second-order valence-electron chi connectivity index (χ2n) is 10.3. The van der Waals surface area contributed by atoms with Crippen LogP contribution in [-0.2, 0) is 30.9 Å². The van der Waals surface area contributed by atoms with E-state index in [0.29, 0.717) is 36.5 Å². The fourth-order valence-electron chi connectivity index (χ4n) is 7.03. The van der Waals surface area contributed by atoms with Gasteiger partial charge >= 0.3 is 11.9 Å². The summed E-state index contributed by atoms with van der Waals surface area (Å²) in [7, 11) is 0. The molecule has 1 unspecified atom stereocenters. The number of carbonyl (C=O) groups is 2. The molecule has 182 valence electrons. The van der Waals surface area contributed by atoms with Crippen LogP contribution in [0.1, 0.15) is 55.9 Å². The number of phenols is 1. The maximum Gasteiger partial charge on any atom is 0.357 e. The van der Waals surface area contributed by atoms with Gasteiger partial charge in [-0.1, -0.05) is 43.3 Å². The van der Waals surface area contributed by atoms with Crippen LogP contribution < -0.4 is 4.74 Å². The first-order chi connectivity index (χ1) is 16.8. The summed E-state index contributed by atoms with van der Waals surface area (Å²) in [5.41, 5.74) is 0.510. The highest BCUT2D eigenvalue weighted by Gasteiger charge is 2.72. The molecule has 1 heterocycles. The molecule has 1 aliphatic heterocycles. The maximum absolute atomic E-state index is 13.3. The highest BCUT2D eigenvalue weighted by molar-refractivity contribution is 5.81. The van der Waals surface area contributed by atoms with Crippen LogP contribution in [0.15, 0.2) is 54.3 Å². The van der Waals surface area contributed by atoms with E-state index in [9.17, 15) is 19.8 Å². The van der Waals surface area contributed by atoms with Gasteiger partial charge in [0.05, 0.1) is 11.0 Å². The van der Waals surface area contributed by atoms with Crippen LogP contribution in [0.25, 0.3) is 0 Å². The van der Waals surface area contributed by atoms with Crippen molar-refractivity contribution in [3.05, 3.63) is 71.0 Å². The Balaban J connectivity index is 1.41. The highest BCUT2D eigenvalue weighted by Crippen LogP contribution is 2.68. The van der Waals surface area contributed by atoms with Crippen molar-refractivity contribution in [1.29, 1.82) is 0 Å². The van der Waals surface area contributed by atoms with Gasteiger partial charge < -0.3 is 24.4 Å². The zero-order valence-corrected chi connectivity index (χ0v) is 19.7. The molecule has 6 rings (SSSR count). The number of hydrogen-bond donors (Lipinski definition) is 2. The first kappa shape index (κ1) is 22.2. The molecule has 35 heavy (non-hydrogen) atoms. The first-order valence-corrected chi connectivity index (χ1v) is 12.1. The minimum atomic E-state index is -1.23. The quantitative estimate of drug-likeness (QED) is 0.646. The number of rotatable bonds is 4. The van der Waals surface area contributed by atoms with E-state index < -0.39 is 35.2 Å². The van der Waals surface area contributed by atoms with Gasteiger partial charge in [0, 0.05) is 18.1 Å². The summed E-state index contributed by atoms with van der Waals surface area (Å²) in [6, 6.07) is 12.3. The van der Waals surface area contributed by atoms with Gasteiger partial charge in [-0.25, -0.2) is 4.79 Å². The Kier molecular flexibility index (Phi) is 4.81. The SMILES string of the molecule is CC(=O)O[C@H](C(=O)OC1=CC[C@@]2(O)[C@H]3Cc4ccc(O)c5c4[C@@]2(CCC3C)[C@H]1O5)c1ccccc1. The molecule has 1 saturated carbocycles. The Morgan fingerprint density at radius 3 is 2.69 bits per heavy atom. The number of benzene rings is 2. The summed E-state index contributed by atoms with van der Waals surface area (Å²) in [4.78, 5) is 25.1. The largest absolute Gasteiger partial charge is 0.504 e. The molecular formula is C28H28O7. The van der Waals surface area contributed by atoms with Crippen LogP contribution in [0.3, 0.4) is 0 Å². The normalized spacial score (nSPS) is 32.5. The number of hydrogen-bond acceptors (Lipinski definition) is 7. The molecule has 2 bridgehead atoms. The van der Waals surface area contributed by atoms with Gasteiger partial charge in [0.1, 0.15) is 5.76 Å². The predicted molar refractivity (Wildman–Crippen MR) is 124 cm³/mol. The van der Waals surface area contributed by atoms with E-state index in [4.69, 9.17) is 14.2 Å². The summed E-state index contributed by atoms with van der Waals surface area (Å²) < 4.78 is 17.5. The monoisotopic (exact) mass is 476 g/mol. The molecular weight excluding hydrogens is 448 g/mol. The number of carbonyl (C=O) groups excluding carboxylic acids is 2. The highest BCUT2D eigenvalue weighted by atomic mass is 16.6. The van der Waals surface area contributed by atoms with Crippen molar-refractivity contribution < 1.29 is 34.0 Å². The van der Waals surface area contributed by atoms with Crippen molar-refractivity contribution in [2.24, 2.45) is 11.8 Å². The van der Waals surface area contributed by atoms with E-state index in [-0.39, 0.29) is 17.4 Å². The van der Waals surface area contributed by atoms with Crippen molar-refractivity contribution in [3.8, 4) is 11.5 Å². The smallest absolute Gasteiger partial charge is 0.357 e. The van der Waals surface area contributed by atoms with Crippen molar-refractivity contribution >= 4 is 11.9 Å². The molecule has 7 nitrogen and oxygen atoms in total. The summed E-state index contributed by atoms with van der Waals surface area (Å²) in [5, 5.41) is 22.9. The van der Waals surface area contributed by atoms with Crippen molar-refractivity contribution in [3.63, 3.8) is 0 Å². The van der Waals surface area contributed by atoms with Crippen molar-refractivity contribution in [1.82, 2.24) is 0 Å². The third kappa shape index (κ3) is 2.94. The molecule has 1 spiro atoms. The van der Waals surface area contributed by atoms with E-state index in [1.165, 1.54) is 6.92 Å². The molecule has 0 saturated heterocycles. The van der Waals surface area contributed by atoms with Gasteiger partial charge in [-0.3, -0.25) is 4.79 Å². The molecule has 2 N–H and O–H groups in total. The zero-order chi connectivity index (χ0) is 24.5. The van der Waals surface area contributed by atoms with E-state index in [1.54, 1.807) is 42.5 Å². The third-order valence-corrected chi connectivity index (χ3v) is 8.55. The number of ether oxygens (including phenoxy) is 3. The fraction of sp³-hybridized carbons (Fsp3) is 0.429. The minimum Gasteiger partial charge on any atom is -0.504 e. The summed E-state index contributed by atoms with van der Waals surface area (Å²) in [6.07, 6.45) is 2.29. The number of aliphatic hydroxyl groups is 1. The van der Waals surface area contributed by atoms with Gasteiger partial charge in [0.2, 0.25) is 6.10 Å². The van der Waals surface area contributed by atoms with Gasteiger partial charge in [-0.05, 0) is 55.2 Å². The lowest BCUT2D eigenvalue weighted by molar-refractivity contribution is -0.177. The van der Waals surface area contributed by atoms with Crippen molar-refractivity contribution in [2.45, 2.75) is 62.8 Å². The Labute approximate surface area is 203 Å². The summed E-state index contributed by atoms with van der Waals surface area (Å²) in [6.45, 7) is 3.42. The molecule has 0 radical (unpaired) electrons. The average molecular weight is 477 g/mol. The second kappa shape index (κ2) is 7.59. The maximum atomic E-state index is 13.3. The van der Waals surface area contributed by atoms with E-state index in [0.717, 1.165) is 17.5 Å². The van der Waals surface area contributed by atoms with E-state index >= 15 is 0 Å². The van der Waals surface area contributed by atoms with Gasteiger partial charge in [-0.15, -0.1) is 0 Å². The summed E-state index contributed by atoms with van der Waals surface area (Å²) >= 11 is 0. The molecule has 0 amide bonds. The average Bonchev–Trinajstić information content (AvgIpc) is 3.20. The molecule has 0 aromatic heterocycles. The molecule has 7 heteroatoms. The third-order valence-electron chi connectivity index (χ3n) is 8.55. The molecule has 2 aromatic carbocycles. The Morgan fingerprint density at radius 2 is 1.94 bits per heavy atom. The molecule has 6 atom stereocenters. The Hall–Kier alpha value is -3.32. The Bertz CT molecular complexity index is 1250. The predicted octanol–water partition coefficient (Wildman–Crippen LogP) is 3.86. The molecule has 2 aromatic rings. The standard InChI is InChI=1S/C28H28O7/c1-15-10-12-27-22-18-8-9-20(30)24(22)35-25(27)21(11-13-28(27,32)19(15)14-18)34-26(31)23(33-16(2)29)17-6-4-3-5-7-17/h3-9,11,15,19,23,25,30,32H,10,12-14H2,1-2H3/t15?,19-,23-,25-,27-,28+/m0/s1. The van der Waals surface area contributed by atoms with Crippen LogP contribution >= 0.6 is 0 Å². The van der Waals surface area contributed by atoms with Gasteiger partial charge in [-0.2, -0.15) is 0 Å². The lowest BCUT2D eigenvalue weighted by Crippen LogP contribution is -2.69. The number of esters is 2. The Morgan fingerprint density at radius 1 is 1.17 bits per heavy atom. The summed E-state index contributed by atoms with van der Waals surface area (Å²) in [5.74, 6) is -0.332. The molecule has 1 fully saturated rings. The zero-order valence-electron chi connectivity index (χ0n) is 19.7. The van der Waals surface area contributed by atoms with Crippen LogP contribution in [0.5, 0.6) is 11.5 Å². The fourth-order valence-corrected chi connectivity index (χ4v) is 7.03. The van der Waals surface area contributed by atoms with Crippen LogP contribution in [0.2, 0.25) is 0 Å². The minimum absolute atomic E-state index is 0.0136. The van der Waals surface area contributed by atoms with Crippen LogP contribution in [-0.4, -0.2) is 33.9 Å². The second-order valence-corrected chi connectivity index (χ2v) is 10.3. The van der Waals surface area contributed by atoms with E-state index in [2.05, 4.69) is 6.92 Å². The van der Waals surface area contributed by atoms with Gasteiger partial charge in [0.25, 0.3) is 0 Å². The topological polar surface area (TPSA) is 102 Å². The van der Waals surface area contributed by atoms with Gasteiger partial charge in [0.15, 0.2) is 17.6 Å². The van der Waals surface area contributed by atoms with Crippen molar-refractivity contribution in [2.75, 3.05) is 0 Å². The molecule has 3 aliphatic carbocycles. The number of phenolic OH excluding ortho intramolecular Hbond substituents is 1. The lowest BCUT2D eigenvalue weighted by Gasteiger charge is -2.61. The lowest BCUT2D eigenvalue weighted by atomic mass is 9.45. The van der Waals surface area contributed by atoms with E-state index in [1.807, 2.05) is 6.07 Å². The van der Waals surface area contributed by atoms with Crippen LogP contribution in [0, 0.1) is 11.8 Å².